The minimum atomic E-state index is -1.12. The summed E-state index contributed by atoms with van der Waals surface area (Å²) in [6.07, 6.45) is 2.36. The zero-order chi connectivity index (χ0) is 15.9. The highest BCUT2D eigenvalue weighted by molar-refractivity contribution is 5.95. The first-order chi connectivity index (χ1) is 10.5. The molecule has 1 atom stereocenters. The van der Waals surface area contributed by atoms with Gasteiger partial charge >= 0.3 is 5.97 Å². The van der Waals surface area contributed by atoms with Gasteiger partial charge in [0.25, 0.3) is 0 Å². The van der Waals surface area contributed by atoms with Crippen LogP contribution in [0.2, 0.25) is 0 Å². The highest BCUT2D eigenvalue weighted by Crippen LogP contribution is 2.30. The van der Waals surface area contributed by atoms with Crippen LogP contribution in [-0.2, 0) is 6.54 Å². The average molecular weight is 305 g/mol. The second kappa shape index (κ2) is 5.72. The van der Waals surface area contributed by atoms with Crippen molar-refractivity contribution in [3.63, 3.8) is 0 Å². The summed E-state index contributed by atoms with van der Waals surface area (Å²) in [6.45, 7) is 6.41. The molecule has 1 saturated heterocycles. The number of rotatable bonds is 3. The highest BCUT2D eigenvalue weighted by Gasteiger charge is 2.22. The summed E-state index contributed by atoms with van der Waals surface area (Å²) < 4.78 is 19.4. The predicted molar refractivity (Wildman–Crippen MR) is 81.5 cm³/mol. The summed E-state index contributed by atoms with van der Waals surface area (Å²) in [7, 11) is 0. The molecule has 0 radical (unpaired) electrons. The highest BCUT2D eigenvalue weighted by atomic mass is 19.1. The molecule has 2 aromatic rings. The van der Waals surface area contributed by atoms with Crippen LogP contribution in [-0.4, -0.2) is 29.1 Å². The zero-order valence-corrected chi connectivity index (χ0v) is 12.9. The Bertz CT molecular complexity index is 722. The maximum Gasteiger partial charge on any atom is 0.372 e. The van der Waals surface area contributed by atoms with E-state index in [2.05, 4.69) is 11.8 Å². The van der Waals surface area contributed by atoms with Gasteiger partial charge in [0.15, 0.2) is 0 Å². The minimum Gasteiger partial charge on any atom is -0.475 e. The lowest BCUT2D eigenvalue weighted by atomic mass is 9.99. The van der Waals surface area contributed by atoms with Gasteiger partial charge in [0.1, 0.15) is 11.4 Å². The van der Waals surface area contributed by atoms with Crippen molar-refractivity contribution in [3.8, 4) is 0 Å². The zero-order valence-electron chi connectivity index (χ0n) is 12.9. The molecule has 0 aliphatic carbocycles. The molecule has 118 valence electrons. The number of benzene rings is 1. The Morgan fingerprint density at radius 3 is 2.95 bits per heavy atom. The van der Waals surface area contributed by atoms with Crippen LogP contribution in [0, 0.1) is 18.7 Å². The summed E-state index contributed by atoms with van der Waals surface area (Å²) >= 11 is 0. The van der Waals surface area contributed by atoms with Gasteiger partial charge in [-0.3, -0.25) is 4.90 Å². The molecule has 1 unspecified atom stereocenters. The van der Waals surface area contributed by atoms with Crippen LogP contribution in [0.25, 0.3) is 11.0 Å². The van der Waals surface area contributed by atoms with Crippen LogP contribution < -0.4 is 0 Å². The Morgan fingerprint density at radius 2 is 2.27 bits per heavy atom. The maximum atomic E-state index is 13.9. The van der Waals surface area contributed by atoms with E-state index in [-0.39, 0.29) is 11.6 Å². The number of aromatic carboxylic acids is 1. The molecule has 1 aliphatic rings. The van der Waals surface area contributed by atoms with Crippen molar-refractivity contribution >= 4 is 16.9 Å². The van der Waals surface area contributed by atoms with Crippen LogP contribution in [0.1, 0.15) is 41.4 Å². The first-order valence-electron chi connectivity index (χ1n) is 7.63. The number of halogens is 1. The number of furan rings is 1. The second-order valence-electron chi connectivity index (χ2n) is 6.29. The first kappa shape index (κ1) is 15.0. The van der Waals surface area contributed by atoms with Crippen molar-refractivity contribution < 1.29 is 18.7 Å². The fourth-order valence-corrected chi connectivity index (χ4v) is 3.34. The van der Waals surface area contributed by atoms with Gasteiger partial charge in [-0.05, 0) is 44.4 Å². The standard InChI is InChI=1S/C17H20FNO3/c1-10-4-3-5-19(8-10)9-12-6-13(18)7-14-11(2)15(17(20)21)22-16(12)14/h6-7,10H,3-5,8-9H2,1-2H3,(H,20,21). The second-order valence-corrected chi connectivity index (χ2v) is 6.29. The fraction of sp³-hybridized carbons (Fsp3) is 0.471. The molecular weight excluding hydrogens is 285 g/mol. The number of carboxylic acid groups (broad SMARTS) is 1. The van der Waals surface area contributed by atoms with Crippen molar-refractivity contribution in [1.29, 1.82) is 0 Å². The number of aryl methyl sites for hydroxylation is 1. The predicted octanol–water partition coefficient (Wildman–Crippen LogP) is 3.81. The summed E-state index contributed by atoms with van der Waals surface area (Å²) in [5.41, 5.74) is 1.70. The molecule has 1 fully saturated rings. The van der Waals surface area contributed by atoms with Crippen molar-refractivity contribution in [2.24, 2.45) is 5.92 Å². The topological polar surface area (TPSA) is 53.7 Å². The fourth-order valence-electron chi connectivity index (χ4n) is 3.34. The summed E-state index contributed by atoms with van der Waals surface area (Å²) in [4.78, 5) is 13.5. The third kappa shape index (κ3) is 2.73. The van der Waals surface area contributed by atoms with Crippen molar-refractivity contribution in [3.05, 3.63) is 34.8 Å². The number of likely N-dealkylation sites (tertiary alicyclic amines) is 1. The maximum absolute atomic E-state index is 13.9. The smallest absolute Gasteiger partial charge is 0.372 e. The molecule has 4 nitrogen and oxygen atoms in total. The van der Waals surface area contributed by atoms with E-state index in [1.54, 1.807) is 6.92 Å². The van der Waals surface area contributed by atoms with E-state index in [0.29, 0.717) is 29.0 Å². The molecule has 5 heteroatoms. The normalized spacial score (nSPS) is 19.7. The summed E-state index contributed by atoms with van der Waals surface area (Å²) in [5, 5.41) is 9.74. The molecular formula is C17H20FNO3. The summed E-state index contributed by atoms with van der Waals surface area (Å²) in [5.74, 6) is -0.945. The van der Waals surface area contributed by atoms with E-state index in [1.165, 1.54) is 18.6 Å². The van der Waals surface area contributed by atoms with Crippen molar-refractivity contribution in [2.75, 3.05) is 13.1 Å². The number of fused-ring (bicyclic) bond motifs is 1. The third-order valence-electron chi connectivity index (χ3n) is 4.41. The van der Waals surface area contributed by atoms with Gasteiger partial charge in [-0.15, -0.1) is 0 Å². The Hall–Kier alpha value is -1.88. The van der Waals surface area contributed by atoms with Crippen LogP contribution >= 0.6 is 0 Å². The van der Waals surface area contributed by atoms with Gasteiger partial charge < -0.3 is 9.52 Å². The van der Waals surface area contributed by atoms with E-state index < -0.39 is 5.97 Å². The third-order valence-corrected chi connectivity index (χ3v) is 4.41. The molecule has 3 rings (SSSR count). The number of piperidine rings is 1. The number of nitrogens with zero attached hydrogens (tertiary/aromatic N) is 1. The quantitative estimate of drug-likeness (QED) is 0.937. The Kier molecular flexibility index (Phi) is 3.91. The van der Waals surface area contributed by atoms with Gasteiger partial charge in [-0.1, -0.05) is 6.92 Å². The first-order valence-corrected chi connectivity index (χ1v) is 7.63. The van der Waals surface area contributed by atoms with Crippen LogP contribution in [0.5, 0.6) is 0 Å². The number of carbonyl (C=O) groups is 1. The Labute approximate surface area is 128 Å². The van der Waals surface area contributed by atoms with Crippen molar-refractivity contribution in [1.82, 2.24) is 4.90 Å². The van der Waals surface area contributed by atoms with Crippen LogP contribution in [0.4, 0.5) is 4.39 Å². The molecule has 22 heavy (non-hydrogen) atoms. The van der Waals surface area contributed by atoms with E-state index in [9.17, 15) is 14.3 Å². The van der Waals surface area contributed by atoms with Crippen molar-refractivity contribution in [2.45, 2.75) is 33.2 Å². The molecule has 0 bridgehead atoms. The largest absolute Gasteiger partial charge is 0.475 e. The molecule has 2 heterocycles. The lowest BCUT2D eigenvalue weighted by Crippen LogP contribution is -2.33. The van der Waals surface area contributed by atoms with Gasteiger partial charge in [-0.2, -0.15) is 0 Å². The lowest BCUT2D eigenvalue weighted by molar-refractivity contribution is 0.0664. The van der Waals surface area contributed by atoms with Gasteiger partial charge in [0, 0.05) is 29.6 Å². The molecule has 1 aromatic carbocycles. The molecule has 0 spiro atoms. The number of hydrogen-bond acceptors (Lipinski definition) is 3. The summed E-state index contributed by atoms with van der Waals surface area (Å²) in [6, 6.07) is 2.80. The molecule has 1 aromatic heterocycles. The average Bonchev–Trinajstić information content (AvgIpc) is 2.77. The Morgan fingerprint density at radius 1 is 1.50 bits per heavy atom. The number of carboxylic acids is 1. The molecule has 0 saturated carbocycles. The minimum absolute atomic E-state index is 0.103. The molecule has 1 aliphatic heterocycles. The van der Waals surface area contributed by atoms with E-state index in [4.69, 9.17) is 4.42 Å². The SMILES string of the molecule is Cc1c(C(=O)O)oc2c(CN3CCCC(C)C3)cc(F)cc12. The van der Waals surface area contributed by atoms with Gasteiger partial charge in [-0.25, -0.2) is 9.18 Å². The van der Waals surface area contributed by atoms with Crippen LogP contribution in [0.3, 0.4) is 0 Å². The molecule has 1 N–H and O–H groups in total. The molecule has 0 amide bonds. The van der Waals surface area contributed by atoms with E-state index in [0.717, 1.165) is 25.1 Å². The van der Waals surface area contributed by atoms with Gasteiger partial charge in [0.2, 0.25) is 5.76 Å². The number of hydrogen-bond donors (Lipinski definition) is 1. The monoisotopic (exact) mass is 305 g/mol. The Balaban J connectivity index is 2.01. The van der Waals surface area contributed by atoms with E-state index in [1.807, 2.05) is 0 Å². The lowest BCUT2D eigenvalue weighted by Gasteiger charge is -2.30. The van der Waals surface area contributed by atoms with E-state index >= 15 is 0 Å². The van der Waals surface area contributed by atoms with Gasteiger partial charge in [0.05, 0.1) is 0 Å². The van der Waals surface area contributed by atoms with Crippen LogP contribution in [0.15, 0.2) is 16.5 Å².